The number of halogens is 1. The first kappa shape index (κ1) is 23.1. The molecule has 8 nitrogen and oxygen atoms in total. The zero-order valence-corrected chi connectivity index (χ0v) is 17.6. The predicted molar refractivity (Wildman–Crippen MR) is 114 cm³/mol. The smallest absolute Gasteiger partial charge is 0.319 e. The highest BCUT2D eigenvalue weighted by Gasteiger charge is 2.32. The van der Waals surface area contributed by atoms with Gasteiger partial charge >= 0.3 is 6.03 Å². The van der Waals surface area contributed by atoms with E-state index in [9.17, 15) is 22.7 Å². The number of urea groups is 1. The molecule has 2 aromatic carbocycles. The number of ether oxygens (including phenoxy) is 1. The summed E-state index contributed by atoms with van der Waals surface area (Å²) in [5, 5.41) is 14.8. The third kappa shape index (κ3) is 6.47. The molecule has 0 aliphatic carbocycles. The van der Waals surface area contributed by atoms with Gasteiger partial charge in [-0.3, -0.25) is 0 Å². The van der Waals surface area contributed by atoms with E-state index in [1.807, 2.05) is 0 Å². The molecule has 0 radical (unpaired) electrons. The minimum atomic E-state index is -3.59. The standard InChI is InChI=1S/C21H26FN3O5S/c22-17-8-4-5-9-18(17)24-21(27)25-19-11-10-15(30-20(19)14-26)12-13-23-31(28,29)16-6-2-1-3-7-16/h1-9,15,19-20,23,26H,10-14H2,(H2,24,25,27)/t15-,19-,20-/m0/s1. The SMILES string of the molecule is O=C(Nc1ccccc1F)N[C@H]1CC[C@@H](CCNS(=O)(=O)c2ccccc2)O[C@H]1CO. The number of carbonyl (C=O) groups excluding carboxylic acids is 1. The fourth-order valence-corrected chi connectivity index (χ4v) is 4.50. The van der Waals surface area contributed by atoms with Crippen molar-refractivity contribution >= 4 is 21.7 Å². The van der Waals surface area contributed by atoms with Crippen molar-refractivity contribution in [1.82, 2.24) is 10.0 Å². The summed E-state index contributed by atoms with van der Waals surface area (Å²) in [7, 11) is -3.59. The Morgan fingerprint density at radius 1 is 1.10 bits per heavy atom. The van der Waals surface area contributed by atoms with E-state index in [0.29, 0.717) is 19.3 Å². The lowest BCUT2D eigenvalue weighted by atomic mass is 9.97. The number of para-hydroxylation sites is 1. The van der Waals surface area contributed by atoms with Gasteiger partial charge < -0.3 is 20.5 Å². The maximum Gasteiger partial charge on any atom is 0.319 e. The lowest BCUT2D eigenvalue weighted by molar-refractivity contribution is -0.0884. The number of sulfonamides is 1. The summed E-state index contributed by atoms with van der Waals surface area (Å²) in [6, 6.07) is 12.9. The molecule has 0 bridgehead atoms. The van der Waals surface area contributed by atoms with Crippen LogP contribution < -0.4 is 15.4 Å². The predicted octanol–water partition coefficient (Wildman–Crippen LogP) is 2.22. The van der Waals surface area contributed by atoms with Gasteiger partial charge in [0.15, 0.2) is 0 Å². The molecule has 0 saturated carbocycles. The largest absolute Gasteiger partial charge is 0.394 e. The van der Waals surface area contributed by atoms with E-state index in [4.69, 9.17) is 4.74 Å². The molecule has 168 valence electrons. The molecule has 3 rings (SSSR count). The number of carbonyl (C=O) groups is 1. The molecule has 2 aromatic rings. The van der Waals surface area contributed by atoms with Crippen LogP contribution in [0.1, 0.15) is 19.3 Å². The van der Waals surface area contributed by atoms with E-state index in [0.717, 1.165) is 0 Å². The van der Waals surface area contributed by atoms with Crippen molar-refractivity contribution in [2.45, 2.75) is 42.4 Å². The lowest BCUT2D eigenvalue weighted by Crippen LogP contribution is -2.52. The number of hydrogen-bond donors (Lipinski definition) is 4. The zero-order valence-electron chi connectivity index (χ0n) is 16.8. The maximum absolute atomic E-state index is 13.7. The van der Waals surface area contributed by atoms with Crippen molar-refractivity contribution in [3.63, 3.8) is 0 Å². The van der Waals surface area contributed by atoms with Gasteiger partial charge in [-0.05, 0) is 43.5 Å². The second-order valence-electron chi connectivity index (χ2n) is 7.24. The van der Waals surface area contributed by atoms with Gasteiger partial charge in [0, 0.05) is 6.54 Å². The average molecular weight is 452 g/mol. The number of benzene rings is 2. The molecule has 0 spiro atoms. The summed E-state index contributed by atoms with van der Waals surface area (Å²) in [4.78, 5) is 12.4. The summed E-state index contributed by atoms with van der Waals surface area (Å²) in [6.45, 7) is -0.122. The molecule has 4 N–H and O–H groups in total. The molecule has 1 heterocycles. The van der Waals surface area contributed by atoms with Crippen LogP contribution in [-0.2, 0) is 14.8 Å². The van der Waals surface area contributed by atoms with Crippen LogP contribution in [0.25, 0.3) is 0 Å². The topological polar surface area (TPSA) is 117 Å². The van der Waals surface area contributed by atoms with Gasteiger partial charge in [0.25, 0.3) is 0 Å². The van der Waals surface area contributed by atoms with Crippen molar-refractivity contribution in [2.24, 2.45) is 0 Å². The normalized spacial score (nSPS) is 21.4. The quantitative estimate of drug-likeness (QED) is 0.491. The Bertz CT molecular complexity index is 974. The minimum absolute atomic E-state index is 0.0563. The summed E-state index contributed by atoms with van der Waals surface area (Å²) in [5.41, 5.74) is 0.0563. The summed E-state index contributed by atoms with van der Waals surface area (Å²) in [5.74, 6) is -0.547. The summed E-state index contributed by atoms with van der Waals surface area (Å²) in [6.07, 6.45) is 0.635. The van der Waals surface area contributed by atoms with Crippen LogP contribution in [0.15, 0.2) is 59.5 Å². The Hall–Kier alpha value is -2.53. The molecule has 1 saturated heterocycles. The van der Waals surface area contributed by atoms with E-state index in [-0.39, 0.29) is 29.8 Å². The molecular weight excluding hydrogens is 425 g/mol. The van der Waals surface area contributed by atoms with Crippen LogP contribution >= 0.6 is 0 Å². The molecular formula is C21H26FN3O5S. The number of rotatable bonds is 8. The minimum Gasteiger partial charge on any atom is -0.394 e. The maximum atomic E-state index is 13.7. The van der Waals surface area contributed by atoms with E-state index in [2.05, 4.69) is 15.4 Å². The van der Waals surface area contributed by atoms with E-state index in [1.165, 1.54) is 30.3 Å². The molecule has 31 heavy (non-hydrogen) atoms. The number of nitrogens with one attached hydrogen (secondary N) is 3. The molecule has 0 unspecified atom stereocenters. The van der Waals surface area contributed by atoms with Gasteiger partial charge in [0.05, 0.1) is 29.3 Å². The van der Waals surface area contributed by atoms with E-state index >= 15 is 0 Å². The summed E-state index contributed by atoms with van der Waals surface area (Å²) >= 11 is 0. The summed E-state index contributed by atoms with van der Waals surface area (Å²) < 4.78 is 46.6. The second-order valence-corrected chi connectivity index (χ2v) is 9.01. The lowest BCUT2D eigenvalue weighted by Gasteiger charge is -2.36. The second kappa shape index (κ2) is 10.7. The number of aliphatic hydroxyl groups excluding tert-OH is 1. The van der Waals surface area contributed by atoms with E-state index < -0.39 is 34.0 Å². The van der Waals surface area contributed by atoms with Crippen LogP contribution in [0.2, 0.25) is 0 Å². The average Bonchev–Trinajstić information content (AvgIpc) is 2.77. The Morgan fingerprint density at radius 2 is 1.81 bits per heavy atom. The third-order valence-electron chi connectivity index (χ3n) is 5.05. The van der Waals surface area contributed by atoms with Gasteiger partial charge in [-0.25, -0.2) is 22.3 Å². The van der Waals surface area contributed by atoms with Crippen molar-refractivity contribution in [3.8, 4) is 0 Å². The van der Waals surface area contributed by atoms with Crippen molar-refractivity contribution < 1.29 is 27.4 Å². The van der Waals surface area contributed by atoms with E-state index in [1.54, 1.807) is 24.3 Å². The highest BCUT2D eigenvalue weighted by molar-refractivity contribution is 7.89. The number of anilines is 1. The third-order valence-corrected chi connectivity index (χ3v) is 6.52. The molecule has 2 amide bonds. The Morgan fingerprint density at radius 3 is 2.52 bits per heavy atom. The molecule has 3 atom stereocenters. The van der Waals surface area contributed by atoms with Gasteiger partial charge in [-0.2, -0.15) is 0 Å². The fourth-order valence-electron chi connectivity index (χ4n) is 3.44. The zero-order chi connectivity index (χ0) is 22.3. The monoisotopic (exact) mass is 451 g/mol. The van der Waals surface area contributed by atoms with Gasteiger partial charge in [-0.1, -0.05) is 30.3 Å². The molecule has 10 heteroatoms. The number of hydrogen-bond acceptors (Lipinski definition) is 5. The highest BCUT2D eigenvalue weighted by Crippen LogP contribution is 2.22. The first-order valence-corrected chi connectivity index (χ1v) is 11.5. The van der Waals surface area contributed by atoms with Crippen LogP contribution in [-0.4, -0.2) is 51.0 Å². The van der Waals surface area contributed by atoms with Crippen molar-refractivity contribution in [2.75, 3.05) is 18.5 Å². The van der Waals surface area contributed by atoms with Gasteiger partial charge in [0.2, 0.25) is 10.0 Å². The molecule has 1 fully saturated rings. The van der Waals surface area contributed by atoms with Crippen LogP contribution in [0, 0.1) is 5.82 Å². The Balaban J connectivity index is 1.47. The Kier molecular flexibility index (Phi) is 7.97. The molecule has 0 aromatic heterocycles. The van der Waals surface area contributed by atoms with Crippen LogP contribution in [0.3, 0.4) is 0 Å². The first-order valence-electron chi connectivity index (χ1n) is 10.0. The van der Waals surface area contributed by atoms with Crippen molar-refractivity contribution in [1.29, 1.82) is 0 Å². The van der Waals surface area contributed by atoms with Gasteiger partial charge in [-0.15, -0.1) is 0 Å². The first-order chi connectivity index (χ1) is 14.9. The van der Waals surface area contributed by atoms with Crippen LogP contribution in [0.5, 0.6) is 0 Å². The van der Waals surface area contributed by atoms with Crippen LogP contribution in [0.4, 0.5) is 14.9 Å². The molecule has 1 aliphatic heterocycles. The Labute approximate surface area is 180 Å². The number of aliphatic hydroxyl groups is 1. The molecule has 1 aliphatic rings. The highest BCUT2D eigenvalue weighted by atomic mass is 32.2. The fraction of sp³-hybridized carbons (Fsp3) is 0.381. The number of amides is 2. The van der Waals surface area contributed by atoms with Crippen molar-refractivity contribution in [3.05, 3.63) is 60.4 Å². The van der Waals surface area contributed by atoms with Gasteiger partial charge in [0.1, 0.15) is 11.9 Å².